The van der Waals surface area contributed by atoms with E-state index >= 15 is 0 Å². The number of hydrogen-bond donors (Lipinski definition) is 1. The number of carbonyl (C=O) groups excluding carboxylic acids is 1. The maximum atomic E-state index is 12.3. The molecule has 1 aliphatic heterocycles. The van der Waals surface area contributed by atoms with E-state index in [4.69, 9.17) is 4.74 Å². The maximum Gasteiger partial charge on any atom is 0.228 e. The third-order valence-corrected chi connectivity index (χ3v) is 4.01. The Morgan fingerprint density at radius 2 is 2.13 bits per heavy atom. The van der Waals surface area contributed by atoms with Crippen LogP contribution >= 0.6 is 0 Å². The van der Waals surface area contributed by atoms with E-state index in [1.54, 1.807) is 0 Å². The number of benzene rings is 1. The molecule has 1 aliphatic rings. The molecule has 0 aliphatic carbocycles. The summed E-state index contributed by atoms with van der Waals surface area (Å²) in [6.45, 7) is 6.86. The first-order valence-electron chi connectivity index (χ1n) is 7.99. The Labute approximate surface area is 136 Å². The Morgan fingerprint density at radius 1 is 1.35 bits per heavy atom. The molecule has 2 heterocycles. The average molecular weight is 313 g/mol. The van der Waals surface area contributed by atoms with E-state index in [0.717, 1.165) is 12.0 Å². The van der Waals surface area contributed by atoms with Crippen LogP contribution in [-0.4, -0.2) is 22.3 Å². The van der Waals surface area contributed by atoms with Gasteiger partial charge in [0.15, 0.2) is 5.82 Å². The van der Waals surface area contributed by atoms with Crippen LogP contribution in [0.1, 0.15) is 44.4 Å². The number of ether oxygens (including phenoxy) is 1. The van der Waals surface area contributed by atoms with Crippen LogP contribution in [0.15, 0.2) is 36.5 Å². The number of nitrogens with zero attached hydrogens (tertiary/aromatic N) is 2. The fourth-order valence-electron chi connectivity index (χ4n) is 2.77. The first-order chi connectivity index (χ1) is 10.9. The molecule has 0 radical (unpaired) electrons. The molecule has 0 fully saturated rings. The molecule has 1 atom stereocenters. The quantitative estimate of drug-likeness (QED) is 0.946. The van der Waals surface area contributed by atoms with Crippen molar-refractivity contribution in [2.75, 3.05) is 11.9 Å². The highest BCUT2D eigenvalue weighted by molar-refractivity contribution is 5.90. The predicted molar refractivity (Wildman–Crippen MR) is 89.3 cm³/mol. The number of nitrogens with one attached hydrogen (secondary N) is 1. The van der Waals surface area contributed by atoms with Crippen LogP contribution < -0.4 is 5.32 Å². The molecule has 0 saturated carbocycles. The lowest BCUT2D eigenvalue weighted by Gasteiger charge is -2.25. The number of hydrogen-bond acceptors (Lipinski definition) is 3. The lowest BCUT2D eigenvalue weighted by Crippen LogP contribution is -2.24. The molecule has 3 rings (SSSR count). The summed E-state index contributed by atoms with van der Waals surface area (Å²) in [6, 6.07) is 9.98. The summed E-state index contributed by atoms with van der Waals surface area (Å²) in [5.41, 5.74) is 2.29. The molecule has 1 amide bonds. The number of aromatic nitrogens is 2. The molecule has 1 unspecified atom stereocenters. The zero-order chi connectivity index (χ0) is 16.4. The highest BCUT2D eigenvalue weighted by Gasteiger charge is 2.23. The number of fused-ring (bicyclic) bond motifs is 1. The van der Waals surface area contributed by atoms with Gasteiger partial charge in [0.05, 0.1) is 24.7 Å². The standard InChI is InChI=1S/C18H23N3O2/c1-18(2,3)21-10-8-16(20-21)19-17(22)12-15-14-7-5-4-6-13(14)9-11-23-15/h4-8,10,15H,9,11-12H2,1-3H3,(H,19,20,22). The molecule has 1 N–H and O–H groups in total. The zero-order valence-electron chi connectivity index (χ0n) is 13.9. The van der Waals surface area contributed by atoms with E-state index < -0.39 is 0 Å². The van der Waals surface area contributed by atoms with Gasteiger partial charge in [-0.05, 0) is 38.3 Å². The van der Waals surface area contributed by atoms with Crippen molar-refractivity contribution in [1.29, 1.82) is 0 Å². The van der Waals surface area contributed by atoms with E-state index in [1.807, 2.05) is 35.1 Å². The fraction of sp³-hybridized carbons (Fsp3) is 0.444. The van der Waals surface area contributed by atoms with Crippen molar-refractivity contribution in [2.24, 2.45) is 0 Å². The van der Waals surface area contributed by atoms with Crippen molar-refractivity contribution in [3.05, 3.63) is 47.7 Å². The topological polar surface area (TPSA) is 56.2 Å². The minimum atomic E-state index is -0.176. The van der Waals surface area contributed by atoms with Crippen molar-refractivity contribution in [2.45, 2.75) is 45.3 Å². The molecular formula is C18H23N3O2. The van der Waals surface area contributed by atoms with E-state index in [9.17, 15) is 4.79 Å². The lowest BCUT2D eigenvalue weighted by molar-refractivity contribution is -0.119. The summed E-state index contributed by atoms with van der Waals surface area (Å²) in [7, 11) is 0. The van der Waals surface area contributed by atoms with Crippen molar-refractivity contribution in [3.8, 4) is 0 Å². The monoisotopic (exact) mass is 313 g/mol. The number of carbonyl (C=O) groups is 1. The minimum Gasteiger partial charge on any atom is -0.373 e. The van der Waals surface area contributed by atoms with Gasteiger partial charge >= 0.3 is 0 Å². The van der Waals surface area contributed by atoms with Crippen molar-refractivity contribution >= 4 is 11.7 Å². The number of rotatable bonds is 3. The Balaban J connectivity index is 1.65. The summed E-state index contributed by atoms with van der Waals surface area (Å²) in [5, 5.41) is 7.26. The van der Waals surface area contributed by atoms with Crippen molar-refractivity contribution in [1.82, 2.24) is 9.78 Å². The van der Waals surface area contributed by atoms with Crippen molar-refractivity contribution in [3.63, 3.8) is 0 Å². The van der Waals surface area contributed by atoms with Crippen LogP contribution in [0.4, 0.5) is 5.82 Å². The fourth-order valence-corrected chi connectivity index (χ4v) is 2.77. The van der Waals surface area contributed by atoms with Crippen molar-refractivity contribution < 1.29 is 9.53 Å². The zero-order valence-corrected chi connectivity index (χ0v) is 13.9. The molecule has 2 aromatic rings. The molecular weight excluding hydrogens is 290 g/mol. The Hall–Kier alpha value is -2.14. The van der Waals surface area contributed by atoms with Gasteiger partial charge in [-0.25, -0.2) is 0 Å². The number of amides is 1. The molecule has 5 nitrogen and oxygen atoms in total. The summed E-state index contributed by atoms with van der Waals surface area (Å²) in [6.07, 6.45) is 2.91. The second-order valence-electron chi connectivity index (χ2n) is 6.88. The first kappa shape index (κ1) is 15.7. The SMILES string of the molecule is CC(C)(C)n1ccc(NC(=O)CC2OCCc3ccccc32)n1. The molecule has 23 heavy (non-hydrogen) atoms. The van der Waals surface area contributed by atoms with E-state index in [0.29, 0.717) is 18.8 Å². The Morgan fingerprint density at radius 3 is 2.87 bits per heavy atom. The normalized spacial score (nSPS) is 17.6. The Kier molecular flexibility index (Phi) is 4.22. The predicted octanol–water partition coefficient (Wildman–Crippen LogP) is 3.28. The minimum absolute atomic E-state index is 0.0779. The summed E-state index contributed by atoms with van der Waals surface area (Å²) < 4.78 is 7.63. The molecule has 5 heteroatoms. The smallest absolute Gasteiger partial charge is 0.228 e. The molecule has 0 spiro atoms. The van der Waals surface area contributed by atoms with Crippen LogP contribution in [0.25, 0.3) is 0 Å². The molecule has 122 valence electrons. The third kappa shape index (κ3) is 3.62. The molecule has 0 saturated heterocycles. The molecule has 1 aromatic heterocycles. The third-order valence-electron chi connectivity index (χ3n) is 4.01. The second-order valence-corrected chi connectivity index (χ2v) is 6.88. The second kappa shape index (κ2) is 6.16. The van der Waals surface area contributed by atoms with Crippen LogP contribution in [0.2, 0.25) is 0 Å². The summed E-state index contributed by atoms with van der Waals surface area (Å²) in [4.78, 5) is 12.3. The van der Waals surface area contributed by atoms with E-state index in [2.05, 4.69) is 37.3 Å². The number of anilines is 1. The van der Waals surface area contributed by atoms with Gasteiger partial charge in [-0.15, -0.1) is 0 Å². The van der Waals surface area contributed by atoms with Crippen LogP contribution in [0, 0.1) is 0 Å². The highest BCUT2D eigenvalue weighted by Crippen LogP contribution is 2.29. The highest BCUT2D eigenvalue weighted by atomic mass is 16.5. The van der Waals surface area contributed by atoms with Gasteiger partial charge in [0.2, 0.25) is 5.91 Å². The maximum absolute atomic E-state index is 12.3. The van der Waals surface area contributed by atoms with Gasteiger partial charge in [-0.2, -0.15) is 5.10 Å². The molecule has 0 bridgehead atoms. The van der Waals surface area contributed by atoms with Gasteiger partial charge in [0.1, 0.15) is 0 Å². The van der Waals surface area contributed by atoms with Gasteiger partial charge in [0.25, 0.3) is 0 Å². The average Bonchev–Trinajstić information content (AvgIpc) is 2.96. The first-order valence-corrected chi connectivity index (χ1v) is 7.99. The van der Waals surface area contributed by atoms with Gasteiger partial charge in [-0.3, -0.25) is 9.48 Å². The summed E-state index contributed by atoms with van der Waals surface area (Å²) in [5.74, 6) is 0.500. The van der Waals surface area contributed by atoms with Gasteiger partial charge in [0, 0.05) is 12.3 Å². The largest absolute Gasteiger partial charge is 0.373 e. The van der Waals surface area contributed by atoms with Gasteiger partial charge in [-0.1, -0.05) is 24.3 Å². The van der Waals surface area contributed by atoms with Crippen LogP contribution in [-0.2, 0) is 21.5 Å². The van der Waals surface area contributed by atoms with Crippen LogP contribution in [0.5, 0.6) is 0 Å². The lowest BCUT2D eigenvalue weighted by atomic mass is 9.96. The van der Waals surface area contributed by atoms with Gasteiger partial charge < -0.3 is 10.1 Å². The molecule has 1 aromatic carbocycles. The van der Waals surface area contributed by atoms with E-state index in [-0.39, 0.29) is 17.6 Å². The summed E-state index contributed by atoms with van der Waals surface area (Å²) >= 11 is 0. The van der Waals surface area contributed by atoms with E-state index in [1.165, 1.54) is 5.56 Å². The van der Waals surface area contributed by atoms with Crippen LogP contribution in [0.3, 0.4) is 0 Å². The Bertz CT molecular complexity index is 700.